The Morgan fingerprint density at radius 1 is 0.758 bits per heavy atom. The van der Waals surface area contributed by atoms with Crippen molar-refractivity contribution in [3.05, 3.63) is 114 Å². The summed E-state index contributed by atoms with van der Waals surface area (Å²) >= 11 is 0. The topological polar surface area (TPSA) is 55.7 Å². The van der Waals surface area contributed by atoms with Crippen molar-refractivity contribution >= 4 is 28.2 Å². The van der Waals surface area contributed by atoms with Crippen LogP contribution in [-0.2, 0) is 9.59 Å². The summed E-state index contributed by atoms with van der Waals surface area (Å²) < 4.78 is 5.73. The molecule has 0 radical (unpaired) electrons. The van der Waals surface area contributed by atoms with Gasteiger partial charge in [-0.25, -0.2) is 4.79 Å². The van der Waals surface area contributed by atoms with Gasteiger partial charge in [0.2, 0.25) is 0 Å². The quantitative estimate of drug-likeness (QED) is 0.193. The number of nitrogens with zero attached hydrogens (tertiary/aromatic N) is 1. The van der Waals surface area contributed by atoms with Crippen LogP contribution < -0.4 is 4.74 Å². The molecule has 0 unspecified atom stereocenters. The van der Waals surface area contributed by atoms with E-state index in [4.69, 9.17) is 9.73 Å². The minimum Gasteiger partial charge on any atom is -0.425 e. The van der Waals surface area contributed by atoms with Crippen molar-refractivity contribution in [3.8, 4) is 5.75 Å². The van der Waals surface area contributed by atoms with Crippen molar-refractivity contribution in [2.75, 3.05) is 0 Å². The van der Waals surface area contributed by atoms with Gasteiger partial charge < -0.3 is 9.53 Å². The lowest BCUT2D eigenvalue weighted by Gasteiger charge is -2.15. The second kappa shape index (κ2) is 10.5. The van der Waals surface area contributed by atoms with Gasteiger partial charge in [-0.05, 0) is 36.2 Å². The zero-order valence-electron chi connectivity index (χ0n) is 18.5. The van der Waals surface area contributed by atoms with Crippen LogP contribution in [0, 0.1) is 0 Å². The van der Waals surface area contributed by atoms with E-state index in [9.17, 15) is 9.59 Å². The molecule has 1 atom stereocenters. The first-order valence-electron chi connectivity index (χ1n) is 11.0. The molecule has 0 aliphatic rings. The highest BCUT2D eigenvalue weighted by molar-refractivity contribution is 6.13. The molecule has 164 valence electrons. The fourth-order valence-electron chi connectivity index (χ4n) is 3.65. The van der Waals surface area contributed by atoms with E-state index in [0.717, 1.165) is 21.9 Å². The van der Waals surface area contributed by atoms with Crippen LogP contribution in [0.25, 0.3) is 10.8 Å². The van der Waals surface area contributed by atoms with E-state index in [1.807, 2.05) is 97.1 Å². The Morgan fingerprint density at radius 2 is 1.33 bits per heavy atom. The highest BCUT2D eigenvalue weighted by Gasteiger charge is 2.22. The molecule has 4 rings (SSSR count). The number of rotatable bonds is 8. The number of hydrogen-bond acceptors (Lipinski definition) is 4. The number of ketones is 1. The van der Waals surface area contributed by atoms with E-state index in [1.165, 1.54) is 6.92 Å². The van der Waals surface area contributed by atoms with Gasteiger partial charge >= 0.3 is 5.97 Å². The highest BCUT2D eigenvalue weighted by Crippen LogP contribution is 2.22. The average Bonchev–Trinajstić information content (AvgIpc) is 2.85. The molecule has 0 fully saturated rings. The third-order valence-corrected chi connectivity index (χ3v) is 5.36. The van der Waals surface area contributed by atoms with Gasteiger partial charge in [0.1, 0.15) is 17.6 Å². The van der Waals surface area contributed by atoms with Crippen LogP contribution in [0.3, 0.4) is 0 Å². The summed E-state index contributed by atoms with van der Waals surface area (Å²) in [6.07, 6.45) is 0.531. The normalized spacial score (nSPS) is 11.5. The Hall–Kier alpha value is -4.05. The lowest BCUT2D eigenvalue weighted by atomic mass is 10.0. The monoisotopic (exact) mass is 435 g/mol. The second-order valence-corrected chi connectivity index (χ2v) is 7.90. The van der Waals surface area contributed by atoms with Crippen molar-refractivity contribution < 1.29 is 14.3 Å². The summed E-state index contributed by atoms with van der Waals surface area (Å²) in [6, 6.07) is 32.1. The van der Waals surface area contributed by atoms with E-state index >= 15 is 0 Å². The number of benzene rings is 4. The summed E-state index contributed by atoms with van der Waals surface area (Å²) in [7, 11) is 0. The molecule has 0 amide bonds. The number of Topliss-reactive ketones (excluding diaryl/α,β-unsaturated/α-hetero) is 1. The molecule has 4 heteroatoms. The highest BCUT2D eigenvalue weighted by atomic mass is 16.5. The van der Waals surface area contributed by atoms with E-state index < -0.39 is 12.0 Å². The summed E-state index contributed by atoms with van der Waals surface area (Å²) in [4.78, 5) is 29.8. The first kappa shape index (κ1) is 22.2. The smallest absolute Gasteiger partial charge is 0.336 e. The van der Waals surface area contributed by atoms with Gasteiger partial charge in [-0.1, -0.05) is 91.0 Å². The number of fused-ring (bicyclic) bond motifs is 1. The number of esters is 1. The van der Waals surface area contributed by atoms with Crippen molar-refractivity contribution in [1.82, 2.24) is 0 Å². The van der Waals surface area contributed by atoms with Crippen molar-refractivity contribution in [2.24, 2.45) is 4.99 Å². The predicted molar refractivity (Wildman–Crippen MR) is 132 cm³/mol. The van der Waals surface area contributed by atoms with Crippen molar-refractivity contribution in [1.29, 1.82) is 0 Å². The minimum absolute atomic E-state index is 0.00896. The van der Waals surface area contributed by atoms with Gasteiger partial charge in [0, 0.05) is 17.5 Å². The molecular formula is C29H25NO3. The molecule has 0 bridgehead atoms. The Kier molecular flexibility index (Phi) is 7.06. The molecule has 0 aliphatic carbocycles. The van der Waals surface area contributed by atoms with Gasteiger partial charge in [-0.15, -0.1) is 0 Å². The molecule has 0 N–H and O–H groups in total. The molecular weight excluding hydrogens is 410 g/mol. The number of hydrogen-bond donors (Lipinski definition) is 0. The van der Waals surface area contributed by atoms with Gasteiger partial charge in [-0.2, -0.15) is 0 Å². The summed E-state index contributed by atoms with van der Waals surface area (Å²) in [5.74, 6) is -0.00623. The van der Waals surface area contributed by atoms with Gasteiger partial charge in [0.15, 0.2) is 0 Å². The molecule has 0 heterocycles. The van der Waals surface area contributed by atoms with Crippen LogP contribution in [-0.4, -0.2) is 23.5 Å². The van der Waals surface area contributed by atoms with E-state index in [0.29, 0.717) is 11.5 Å². The Labute approximate surface area is 193 Å². The Balaban J connectivity index is 1.68. The third-order valence-electron chi connectivity index (χ3n) is 5.36. The van der Waals surface area contributed by atoms with Crippen LogP contribution in [0.1, 0.15) is 30.9 Å². The van der Waals surface area contributed by atoms with Crippen LogP contribution in [0.15, 0.2) is 108 Å². The van der Waals surface area contributed by atoms with Crippen molar-refractivity contribution in [2.45, 2.75) is 25.8 Å². The molecule has 4 nitrogen and oxygen atoms in total. The van der Waals surface area contributed by atoms with E-state index in [2.05, 4.69) is 0 Å². The van der Waals surface area contributed by atoms with E-state index in [1.54, 1.807) is 6.07 Å². The lowest BCUT2D eigenvalue weighted by Crippen LogP contribution is -2.27. The van der Waals surface area contributed by atoms with Crippen LogP contribution in [0.5, 0.6) is 5.75 Å². The van der Waals surface area contributed by atoms with Crippen LogP contribution in [0.2, 0.25) is 0 Å². The molecule has 0 saturated heterocycles. The first-order valence-corrected chi connectivity index (χ1v) is 11.0. The van der Waals surface area contributed by atoms with Crippen LogP contribution >= 0.6 is 0 Å². The Morgan fingerprint density at radius 3 is 1.94 bits per heavy atom. The molecule has 0 saturated carbocycles. The fourth-order valence-corrected chi connectivity index (χ4v) is 3.65. The average molecular weight is 436 g/mol. The number of aliphatic imine (C=N–C) groups is 1. The van der Waals surface area contributed by atoms with E-state index in [-0.39, 0.29) is 18.6 Å². The number of carbonyl (C=O) groups is 2. The largest absolute Gasteiger partial charge is 0.425 e. The summed E-state index contributed by atoms with van der Waals surface area (Å²) in [5, 5.41) is 2.06. The SMILES string of the molecule is CC(=O)CC[C@H](N=C(c1ccccc1)c1ccccc1)C(=O)Oc1ccc2ccccc2c1. The molecule has 33 heavy (non-hydrogen) atoms. The molecule has 4 aromatic rings. The fraction of sp³-hybridized carbons (Fsp3) is 0.138. The maximum absolute atomic E-state index is 13.2. The van der Waals surface area contributed by atoms with Crippen molar-refractivity contribution in [3.63, 3.8) is 0 Å². The second-order valence-electron chi connectivity index (χ2n) is 7.90. The molecule has 0 aromatic heterocycles. The maximum Gasteiger partial charge on any atom is 0.336 e. The first-order chi connectivity index (χ1) is 16.1. The predicted octanol–water partition coefficient (Wildman–Crippen LogP) is 6.02. The summed E-state index contributed by atoms with van der Waals surface area (Å²) in [6.45, 7) is 1.52. The number of ether oxygens (including phenoxy) is 1. The number of carbonyl (C=O) groups excluding carboxylic acids is 2. The standard InChI is InChI=1S/C29H25NO3/c1-21(31)16-19-27(29(32)33-26-18-17-22-10-8-9-15-25(22)20-26)30-28(23-11-4-2-5-12-23)24-13-6-3-7-14-24/h2-15,17-18,20,27H,16,19H2,1H3/t27-/m0/s1. The maximum atomic E-state index is 13.2. The van der Waals surface area contributed by atoms with Gasteiger partial charge in [0.05, 0.1) is 5.71 Å². The zero-order chi connectivity index (χ0) is 23.0. The Bertz CT molecular complexity index is 1240. The lowest BCUT2D eigenvalue weighted by molar-refractivity contribution is -0.136. The zero-order valence-corrected chi connectivity index (χ0v) is 18.5. The van der Waals surface area contributed by atoms with Gasteiger partial charge in [0.25, 0.3) is 0 Å². The minimum atomic E-state index is -0.809. The van der Waals surface area contributed by atoms with Crippen LogP contribution in [0.4, 0.5) is 0 Å². The van der Waals surface area contributed by atoms with Gasteiger partial charge in [-0.3, -0.25) is 4.99 Å². The molecule has 0 spiro atoms. The molecule has 0 aliphatic heterocycles. The third kappa shape index (κ3) is 5.80. The molecule has 4 aromatic carbocycles. The summed E-state index contributed by atoms with van der Waals surface area (Å²) in [5.41, 5.74) is 2.49.